The first-order valence-corrected chi connectivity index (χ1v) is 7.15. The Bertz CT molecular complexity index is 505. The summed E-state index contributed by atoms with van der Waals surface area (Å²) in [5.74, 6) is 2.76. The molecule has 0 amide bonds. The quantitative estimate of drug-likeness (QED) is 0.633. The Labute approximate surface area is 129 Å². The number of thiocarbonyl (C=S) groups is 1. The van der Waals surface area contributed by atoms with Gasteiger partial charge in [-0.25, -0.2) is 0 Å². The van der Waals surface area contributed by atoms with Gasteiger partial charge in [-0.3, -0.25) is 0 Å². The topological polar surface area (TPSA) is 24.1 Å². The first-order valence-electron chi connectivity index (χ1n) is 5.99. The fraction of sp³-hybridized carbons (Fsp3) is 0.357. The first kappa shape index (κ1) is 16.1. The Hall–Kier alpha value is -0.950. The van der Waals surface area contributed by atoms with Crippen LogP contribution in [0.15, 0.2) is 18.2 Å². The number of hydrogen-bond donors (Lipinski definition) is 2. The van der Waals surface area contributed by atoms with E-state index in [1.54, 1.807) is 18.2 Å². The molecule has 0 aromatic heterocycles. The van der Waals surface area contributed by atoms with Crippen LogP contribution in [0.4, 0.5) is 5.69 Å². The maximum atomic E-state index is 6.09. The predicted octanol–water partition coefficient (Wildman–Crippen LogP) is 4.47. The van der Waals surface area contributed by atoms with E-state index in [4.69, 9.17) is 41.8 Å². The summed E-state index contributed by atoms with van der Waals surface area (Å²) in [5, 5.41) is 7.52. The van der Waals surface area contributed by atoms with Crippen LogP contribution >= 0.6 is 35.4 Å². The molecular weight excluding hydrogens is 299 g/mol. The normalized spacial score (nSPS) is 10.7. The van der Waals surface area contributed by atoms with Crippen LogP contribution in [0.25, 0.3) is 0 Å². The van der Waals surface area contributed by atoms with Crippen molar-refractivity contribution in [1.29, 1.82) is 0 Å². The molecule has 0 saturated carbocycles. The zero-order chi connectivity index (χ0) is 14.5. The molecule has 5 heteroatoms. The number of rotatable bonds is 4. The summed E-state index contributed by atoms with van der Waals surface area (Å²) in [6.07, 6.45) is 7.14. The molecule has 0 bridgehead atoms. The molecule has 0 aliphatic rings. The molecule has 19 heavy (non-hydrogen) atoms. The van der Waals surface area contributed by atoms with Crippen LogP contribution in [-0.2, 0) is 0 Å². The van der Waals surface area contributed by atoms with Crippen molar-refractivity contribution >= 4 is 46.2 Å². The summed E-state index contributed by atoms with van der Waals surface area (Å²) in [4.78, 5) is 0. The monoisotopic (exact) mass is 314 g/mol. The molecule has 2 nitrogen and oxygen atoms in total. The highest BCUT2D eigenvalue weighted by atomic mass is 35.5. The maximum Gasteiger partial charge on any atom is 0.172 e. The van der Waals surface area contributed by atoms with Gasteiger partial charge in [0.1, 0.15) is 0 Å². The molecule has 0 aliphatic carbocycles. The molecule has 0 saturated heterocycles. The molecule has 0 aliphatic heterocycles. The third-order valence-corrected chi connectivity index (χ3v) is 4.06. The second-order valence-electron chi connectivity index (χ2n) is 4.11. The number of terminal acetylenes is 1. The standard InChI is InChI=1S/C14H16Cl2N2S/c1-4-14(5-2,6-3)18-13(19)17-11-9-7-8-10(15)12(11)16/h1,7-9H,5-6H2,2-3H3,(H2,17,18,19). The summed E-state index contributed by atoms with van der Waals surface area (Å²) in [7, 11) is 0. The Kier molecular flexibility index (Phi) is 5.93. The third-order valence-electron chi connectivity index (χ3n) is 3.04. The van der Waals surface area contributed by atoms with Crippen LogP contribution in [0.5, 0.6) is 0 Å². The van der Waals surface area contributed by atoms with Gasteiger partial charge in [-0.1, -0.05) is 49.0 Å². The highest BCUT2D eigenvalue weighted by molar-refractivity contribution is 7.80. The lowest BCUT2D eigenvalue weighted by atomic mass is 9.94. The van der Waals surface area contributed by atoms with Crippen molar-refractivity contribution in [2.75, 3.05) is 5.32 Å². The summed E-state index contributed by atoms with van der Waals surface area (Å²) in [5.41, 5.74) is 0.222. The molecule has 0 unspecified atom stereocenters. The van der Waals surface area contributed by atoms with E-state index < -0.39 is 5.54 Å². The summed E-state index contributed by atoms with van der Waals surface area (Å²) >= 11 is 17.3. The van der Waals surface area contributed by atoms with Crippen molar-refractivity contribution in [3.63, 3.8) is 0 Å². The number of nitrogens with one attached hydrogen (secondary N) is 2. The van der Waals surface area contributed by atoms with E-state index in [-0.39, 0.29) is 0 Å². The number of anilines is 1. The summed E-state index contributed by atoms with van der Waals surface area (Å²) in [6, 6.07) is 5.32. The number of hydrogen-bond acceptors (Lipinski definition) is 1. The highest BCUT2D eigenvalue weighted by Gasteiger charge is 2.23. The van der Waals surface area contributed by atoms with Crippen molar-refractivity contribution < 1.29 is 0 Å². The number of halogens is 2. The molecule has 0 spiro atoms. The molecule has 0 fully saturated rings. The smallest absolute Gasteiger partial charge is 0.172 e. The molecule has 1 aromatic carbocycles. The van der Waals surface area contributed by atoms with E-state index in [0.717, 1.165) is 12.8 Å². The highest BCUT2D eigenvalue weighted by Crippen LogP contribution is 2.29. The zero-order valence-corrected chi connectivity index (χ0v) is 13.2. The van der Waals surface area contributed by atoms with E-state index in [1.165, 1.54) is 0 Å². The minimum atomic E-state index is -0.435. The summed E-state index contributed by atoms with van der Waals surface area (Å²) in [6.45, 7) is 4.04. The minimum absolute atomic E-state index is 0.435. The average molecular weight is 315 g/mol. The van der Waals surface area contributed by atoms with Gasteiger partial charge in [0, 0.05) is 0 Å². The molecule has 0 heterocycles. The fourth-order valence-electron chi connectivity index (χ4n) is 1.64. The molecule has 102 valence electrons. The molecule has 0 atom stereocenters. The van der Waals surface area contributed by atoms with Gasteiger partial charge in [-0.15, -0.1) is 6.42 Å². The third kappa shape index (κ3) is 4.01. The fourth-order valence-corrected chi connectivity index (χ4v) is 2.29. The predicted molar refractivity (Wildman–Crippen MR) is 88.0 cm³/mol. The lowest BCUT2D eigenvalue weighted by Gasteiger charge is -2.28. The van der Waals surface area contributed by atoms with Crippen LogP contribution in [0.2, 0.25) is 10.0 Å². The van der Waals surface area contributed by atoms with Crippen LogP contribution in [-0.4, -0.2) is 10.7 Å². The van der Waals surface area contributed by atoms with Crippen LogP contribution in [0.3, 0.4) is 0 Å². The van der Waals surface area contributed by atoms with Crippen molar-refractivity contribution in [1.82, 2.24) is 5.32 Å². The van der Waals surface area contributed by atoms with Crippen molar-refractivity contribution in [3.8, 4) is 12.3 Å². The second kappa shape index (κ2) is 7.00. The van der Waals surface area contributed by atoms with Gasteiger partial charge in [-0.2, -0.15) is 0 Å². The second-order valence-corrected chi connectivity index (χ2v) is 5.31. The Morgan fingerprint density at radius 2 is 2.00 bits per heavy atom. The Morgan fingerprint density at radius 3 is 2.53 bits per heavy atom. The van der Waals surface area contributed by atoms with Gasteiger partial charge < -0.3 is 10.6 Å². The van der Waals surface area contributed by atoms with E-state index >= 15 is 0 Å². The van der Waals surface area contributed by atoms with Crippen LogP contribution in [0, 0.1) is 12.3 Å². The SMILES string of the molecule is C#CC(CC)(CC)NC(=S)Nc1cccc(Cl)c1Cl. The van der Waals surface area contributed by atoms with Crippen molar-refractivity contribution in [2.45, 2.75) is 32.2 Å². The first-order chi connectivity index (χ1) is 8.98. The van der Waals surface area contributed by atoms with Gasteiger partial charge in [0.15, 0.2) is 5.11 Å². The minimum Gasteiger partial charge on any atom is -0.346 e. The number of benzene rings is 1. The summed E-state index contributed by atoms with van der Waals surface area (Å²) < 4.78 is 0. The van der Waals surface area contributed by atoms with E-state index in [9.17, 15) is 0 Å². The molecular formula is C14H16Cl2N2S. The Morgan fingerprint density at radius 1 is 1.37 bits per heavy atom. The molecule has 0 radical (unpaired) electrons. The average Bonchev–Trinajstić information content (AvgIpc) is 2.41. The van der Waals surface area contributed by atoms with E-state index in [2.05, 4.69) is 16.6 Å². The van der Waals surface area contributed by atoms with Gasteiger partial charge in [0.25, 0.3) is 0 Å². The van der Waals surface area contributed by atoms with Crippen molar-refractivity contribution in [3.05, 3.63) is 28.2 Å². The zero-order valence-electron chi connectivity index (χ0n) is 10.9. The molecule has 1 rings (SSSR count). The lowest BCUT2D eigenvalue weighted by molar-refractivity contribution is 0.461. The van der Waals surface area contributed by atoms with Gasteiger partial charge >= 0.3 is 0 Å². The maximum absolute atomic E-state index is 6.09. The van der Waals surface area contributed by atoms with E-state index in [0.29, 0.717) is 20.8 Å². The van der Waals surface area contributed by atoms with Gasteiger partial charge in [0.2, 0.25) is 0 Å². The van der Waals surface area contributed by atoms with Gasteiger partial charge in [-0.05, 0) is 37.2 Å². The van der Waals surface area contributed by atoms with Crippen LogP contribution in [0.1, 0.15) is 26.7 Å². The van der Waals surface area contributed by atoms with Crippen LogP contribution < -0.4 is 10.6 Å². The van der Waals surface area contributed by atoms with Crippen molar-refractivity contribution in [2.24, 2.45) is 0 Å². The Balaban J connectivity index is 2.81. The molecule has 2 N–H and O–H groups in total. The lowest BCUT2D eigenvalue weighted by Crippen LogP contribution is -2.48. The van der Waals surface area contributed by atoms with Gasteiger partial charge in [0.05, 0.1) is 21.3 Å². The largest absolute Gasteiger partial charge is 0.346 e. The molecule has 1 aromatic rings. The van der Waals surface area contributed by atoms with E-state index in [1.807, 2.05) is 13.8 Å².